The van der Waals surface area contributed by atoms with E-state index in [9.17, 15) is 8.42 Å². The van der Waals surface area contributed by atoms with E-state index in [2.05, 4.69) is 63.8 Å². The van der Waals surface area contributed by atoms with E-state index in [1.165, 1.54) is 0 Å². The fraction of sp³-hybridized carbons (Fsp3) is 0.500. The third kappa shape index (κ3) is 4.97. The van der Waals surface area contributed by atoms with Gasteiger partial charge in [0, 0.05) is 37.4 Å². The molecule has 1 aliphatic rings. The maximum atomic E-state index is 11.8. The molecule has 1 unspecified atom stereocenters. The van der Waals surface area contributed by atoms with Crippen molar-refractivity contribution in [2.45, 2.75) is 40.3 Å². The van der Waals surface area contributed by atoms with Crippen molar-refractivity contribution in [1.29, 1.82) is 0 Å². The highest BCUT2D eigenvalue weighted by Crippen LogP contribution is 2.37. The summed E-state index contributed by atoms with van der Waals surface area (Å²) in [6.07, 6.45) is 1.69. The summed E-state index contributed by atoms with van der Waals surface area (Å²) in [4.78, 5) is 6.62. The number of halogens is 1. The van der Waals surface area contributed by atoms with Crippen LogP contribution in [-0.2, 0) is 16.4 Å². The van der Waals surface area contributed by atoms with Crippen molar-refractivity contribution in [3.05, 3.63) is 40.5 Å². The van der Waals surface area contributed by atoms with Crippen molar-refractivity contribution in [2.75, 3.05) is 24.6 Å². The van der Waals surface area contributed by atoms with Crippen LogP contribution in [0.5, 0.6) is 11.6 Å². The molecule has 3 aromatic rings. The van der Waals surface area contributed by atoms with E-state index in [0.717, 1.165) is 27.6 Å². The Bertz CT molecular complexity index is 1220. The molecule has 0 spiro atoms. The molecule has 1 fully saturated rings. The Kier molecular flexibility index (Phi) is 6.30. The molecular formula is C22H28BrN5O3S. The molecule has 10 heteroatoms. The highest BCUT2D eigenvalue weighted by atomic mass is 79.9. The molecule has 1 aromatic carbocycles. The smallest absolute Gasteiger partial charge is 0.224 e. The van der Waals surface area contributed by atoms with E-state index < -0.39 is 9.84 Å². The number of hydrogen-bond acceptors (Lipinski definition) is 7. The van der Waals surface area contributed by atoms with Crippen LogP contribution in [0.1, 0.15) is 39.3 Å². The third-order valence-corrected chi connectivity index (χ3v) is 7.97. The summed E-state index contributed by atoms with van der Waals surface area (Å²) >= 11 is 3.64. The van der Waals surface area contributed by atoms with Gasteiger partial charge in [0.05, 0.1) is 21.5 Å². The summed E-state index contributed by atoms with van der Waals surface area (Å²) in [6.45, 7) is 10.3. The van der Waals surface area contributed by atoms with Gasteiger partial charge in [0.2, 0.25) is 5.88 Å². The molecule has 0 amide bonds. The first-order valence-electron chi connectivity index (χ1n) is 10.6. The lowest BCUT2D eigenvalue weighted by molar-refractivity contribution is 0.224. The highest BCUT2D eigenvalue weighted by molar-refractivity contribution is 9.10. The summed E-state index contributed by atoms with van der Waals surface area (Å²) in [6, 6.07) is 7.68. The minimum atomic E-state index is -2.94. The Labute approximate surface area is 197 Å². The van der Waals surface area contributed by atoms with E-state index in [4.69, 9.17) is 4.74 Å². The van der Waals surface area contributed by atoms with Gasteiger partial charge >= 0.3 is 0 Å². The maximum Gasteiger partial charge on any atom is 0.224 e. The second kappa shape index (κ2) is 8.72. The number of benzene rings is 1. The molecule has 0 radical (unpaired) electrons. The topological polar surface area (TPSA) is 90.2 Å². The zero-order valence-corrected chi connectivity index (χ0v) is 21.1. The highest BCUT2D eigenvalue weighted by Gasteiger charge is 2.28. The van der Waals surface area contributed by atoms with Gasteiger partial charge in [0.25, 0.3) is 0 Å². The van der Waals surface area contributed by atoms with Crippen molar-refractivity contribution >= 4 is 36.8 Å². The Balaban J connectivity index is 1.60. The number of sulfone groups is 1. The SMILES string of the molecule is CC(c1cccnc1Oc1ccc2c(nnn2CC(C)(C)C)c1Br)N1CCS(=O)(=O)CC1. The summed E-state index contributed by atoms with van der Waals surface area (Å²) in [5.74, 6) is 1.46. The molecule has 0 N–H and O–H groups in total. The number of pyridine rings is 1. The average Bonchev–Trinajstić information content (AvgIpc) is 3.12. The predicted octanol–water partition coefficient (Wildman–Crippen LogP) is 4.22. The second-order valence-corrected chi connectivity index (χ2v) is 12.5. The number of fused-ring (bicyclic) bond motifs is 1. The van der Waals surface area contributed by atoms with Crippen molar-refractivity contribution < 1.29 is 13.2 Å². The molecule has 0 saturated carbocycles. The van der Waals surface area contributed by atoms with Crippen LogP contribution in [0.2, 0.25) is 0 Å². The lowest BCUT2D eigenvalue weighted by atomic mass is 9.97. The molecule has 0 aliphatic carbocycles. The van der Waals surface area contributed by atoms with Crippen molar-refractivity contribution in [1.82, 2.24) is 24.9 Å². The largest absolute Gasteiger partial charge is 0.437 e. The van der Waals surface area contributed by atoms with Crippen LogP contribution in [-0.4, -0.2) is 57.9 Å². The lowest BCUT2D eigenvalue weighted by Crippen LogP contribution is -2.41. The average molecular weight is 522 g/mol. The van der Waals surface area contributed by atoms with Crippen LogP contribution < -0.4 is 4.74 Å². The zero-order chi connectivity index (χ0) is 23.1. The monoisotopic (exact) mass is 521 g/mol. The first kappa shape index (κ1) is 23.1. The van der Waals surface area contributed by atoms with Gasteiger partial charge < -0.3 is 4.74 Å². The summed E-state index contributed by atoms with van der Waals surface area (Å²) in [5, 5.41) is 8.67. The molecule has 1 saturated heterocycles. The Hall–Kier alpha value is -2.04. The molecule has 1 atom stereocenters. The van der Waals surface area contributed by atoms with Gasteiger partial charge in [-0.1, -0.05) is 32.1 Å². The third-order valence-electron chi connectivity index (χ3n) is 5.60. The molecule has 8 nitrogen and oxygen atoms in total. The van der Waals surface area contributed by atoms with Gasteiger partial charge in [-0.25, -0.2) is 18.1 Å². The second-order valence-electron chi connectivity index (χ2n) is 9.42. The number of rotatable bonds is 5. The lowest BCUT2D eigenvalue weighted by Gasteiger charge is -2.32. The molecule has 3 heterocycles. The molecule has 2 aromatic heterocycles. The minimum Gasteiger partial charge on any atom is -0.437 e. The van der Waals surface area contributed by atoms with Crippen molar-refractivity contribution in [3.63, 3.8) is 0 Å². The van der Waals surface area contributed by atoms with Crippen LogP contribution in [0.15, 0.2) is 34.9 Å². The molecular weight excluding hydrogens is 494 g/mol. The number of nitrogens with zero attached hydrogens (tertiary/aromatic N) is 5. The Morgan fingerprint density at radius 2 is 1.91 bits per heavy atom. The number of aromatic nitrogens is 4. The van der Waals surface area contributed by atoms with Gasteiger partial charge in [-0.15, -0.1) is 5.10 Å². The summed E-state index contributed by atoms with van der Waals surface area (Å²) in [5.41, 5.74) is 2.66. The molecule has 4 rings (SSSR count). The van der Waals surface area contributed by atoms with Gasteiger partial charge in [-0.05, 0) is 46.5 Å². The normalized spacial score (nSPS) is 18.0. The standard InChI is InChI=1S/C22H28BrN5O3S/c1-15(27-10-12-32(29,30)13-11-27)16-6-5-9-24-21(16)31-18-8-7-17-20(19(18)23)25-26-28(17)14-22(2,3)4/h5-9,15H,10-14H2,1-4H3. The van der Waals surface area contributed by atoms with E-state index >= 15 is 0 Å². The molecule has 0 bridgehead atoms. The number of ether oxygens (including phenoxy) is 1. The Morgan fingerprint density at radius 1 is 1.19 bits per heavy atom. The Morgan fingerprint density at radius 3 is 2.59 bits per heavy atom. The van der Waals surface area contributed by atoms with Gasteiger partial charge in [0.1, 0.15) is 11.3 Å². The van der Waals surface area contributed by atoms with Crippen LogP contribution in [0.3, 0.4) is 0 Å². The number of hydrogen-bond donors (Lipinski definition) is 0. The first-order valence-corrected chi connectivity index (χ1v) is 13.2. The minimum absolute atomic E-state index is 0.0237. The van der Waals surface area contributed by atoms with E-state index in [1.807, 2.05) is 28.9 Å². The van der Waals surface area contributed by atoms with Crippen LogP contribution in [0.25, 0.3) is 11.0 Å². The van der Waals surface area contributed by atoms with E-state index in [1.54, 1.807) is 6.20 Å². The maximum absolute atomic E-state index is 11.8. The molecule has 32 heavy (non-hydrogen) atoms. The van der Waals surface area contributed by atoms with E-state index in [0.29, 0.717) is 24.7 Å². The fourth-order valence-electron chi connectivity index (χ4n) is 3.85. The molecule has 172 valence electrons. The van der Waals surface area contributed by atoms with Crippen molar-refractivity contribution in [3.8, 4) is 11.6 Å². The fourth-order valence-corrected chi connectivity index (χ4v) is 5.58. The molecule has 1 aliphatic heterocycles. The van der Waals surface area contributed by atoms with Crippen LogP contribution >= 0.6 is 15.9 Å². The predicted molar refractivity (Wildman–Crippen MR) is 128 cm³/mol. The quantitative estimate of drug-likeness (QED) is 0.496. The first-order chi connectivity index (χ1) is 15.0. The van der Waals surface area contributed by atoms with E-state index in [-0.39, 0.29) is 23.0 Å². The van der Waals surface area contributed by atoms with Gasteiger partial charge in [0.15, 0.2) is 9.84 Å². The summed E-state index contributed by atoms with van der Waals surface area (Å²) in [7, 11) is -2.94. The van der Waals surface area contributed by atoms with Crippen molar-refractivity contribution in [2.24, 2.45) is 5.41 Å². The summed E-state index contributed by atoms with van der Waals surface area (Å²) < 4.78 is 32.5. The van der Waals surface area contributed by atoms with Gasteiger partial charge in [-0.2, -0.15) is 0 Å². The van der Waals surface area contributed by atoms with Gasteiger partial charge in [-0.3, -0.25) is 4.90 Å². The van der Waals surface area contributed by atoms with Crippen LogP contribution in [0.4, 0.5) is 0 Å². The zero-order valence-electron chi connectivity index (χ0n) is 18.7. The van der Waals surface area contributed by atoms with Crippen LogP contribution in [0, 0.1) is 5.41 Å².